The SMILES string of the molecule is Cc1cccc(CNS(=O)(=O)c2cc(C)c(Cl)c(N)c2)n1. The summed E-state index contributed by atoms with van der Waals surface area (Å²) in [4.78, 5) is 4.34. The quantitative estimate of drug-likeness (QED) is 0.845. The number of aryl methyl sites for hydroxylation is 2. The molecule has 21 heavy (non-hydrogen) atoms. The van der Waals surface area contributed by atoms with Crippen LogP contribution >= 0.6 is 11.6 Å². The molecule has 0 saturated carbocycles. The molecule has 1 heterocycles. The van der Waals surface area contributed by atoms with E-state index in [4.69, 9.17) is 17.3 Å². The number of nitrogens with zero attached hydrogens (tertiary/aromatic N) is 1. The van der Waals surface area contributed by atoms with Crippen molar-refractivity contribution in [1.82, 2.24) is 9.71 Å². The second-order valence-corrected chi connectivity index (χ2v) is 6.88. The summed E-state index contributed by atoms with van der Waals surface area (Å²) in [7, 11) is -3.66. The first-order chi connectivity index (χ1) is 9.79. The number of nitrogen functional groups attached to an aromatic ring is 1. The average Bonchev–Trinajstić information content (AvgIpc) is 2.42. The molecule has 0 bridgehead atoms. The third-order valence-corrected chi connectivity index (χ3v) is 4.85. The van der Waals surface area contributed by atoms with Gasteiger partial charge in [0.15, 0.2) is 0 Å². The van der Waals surface area contributed by atoms with Crippen LogP contribution < -0.4 is 10.5 Å². The number of benzene rings is 1. The lowest BCUT2D eigenvalue weighted by atomic mass is 10.2. The summed E-state index contributed by atoms with van der Waals surface area (Å²) in [6.07, 6.45) is 0. The Morgan fingerprint density at radius 2 is 2.00 bits per heavy atom. The number of hydrogen-bond acceptors (Lipinski definition) is 4. The fourth-order valence-electron chi connectivity index (χ4n) is 1.87. The van der Waals surface area contributed by atoms with E-state index in [-0.39, 0.29) is 17.1 Å². The highest BCUT2D eigenvalue weighted by Crippen LogP contribution is 2.26. The van der Waals surface area contributed by atoms with Gasteiger partial charge in [-0.05, 0) is 43.7 Å². The highest BCUT2D eigenvalue weighted by molar-refractivity contribution is 7.89. The number of rotatable bonds is 4. The predicted molar refractivity (Wildman–Crippen MR) is 83.6 cm³/mol. The van der Waals surface area contributed by atoms with Gasteiger partial charge in [0.2, 0.25) is 10.0 Å². The average molecular weight is 326 g/mol. The predicted octanol–water partition coefficient (Wildman–Crippen LogP) is 2.41. The van der Waals surface area contributed by atoms with Crippen LogP contribution in [0.15, 0.2) is 35.2 Å². The Kier molecular flexibility index (Phi) is 4.51. The lowest BCUT2D eigenvalue weighted by Gasteiger charge is -2.10. The number of nitrogens with one attached hydrogen (secondary N) is 1. The Bertz CT molecular complexity index is 753. The molecule has 0 aliphatic carbocycles. The van der Waals surface area contributed by atoms with Crippen molar-refractivity contribution in [3.8, 4) is 0 Å². The molecular formula is C14H16ClN3O2S. The molecule has 1 aromatic carbocycles. The Morgan fingerprint density at radius 3 is 2.62 bits per heavy atom. The van der Waals surface area contributed by atoms with E-state index < -0.39 is 10.0 Å². The number of halogens is 1. The van der Waals surface area contributed by atoms with Gasteiger partial charge in [0.1, 0.15) is 0 Å². The molecule has 112 valence electrons. The summed E-state index contributed by atoms with van der Waals surface area (Å²) in [5.41, 5.74) is 8.05. The molecule has 5 nitrogen and oxygen atoms in total. The summed E-state index contributed by atoms with van der Waals surface area (Å²) in [5, 5.41) is 0.370. The van der Waals surface area contributed by atoms with Gasteiger partial charge in [0.05, 0.1) is 27.8 Å². The smallest absolute Gasteiger partial charge is 0.241 e. The van der Waals surface area contributed by atoms with E-state index in [0.29, 0.717) is 16.3 Å². The van der Waals surface area contributed by atoms with Gasteiger partial charge >= 0.3 is 0 Å². The summed E-state index contributed by atoms with van der Waals surface area (Å²) in [6.45, 7) is 3.67. The Labute approximate surface area is 129 Å². The molecule has 0 saturated heterocycles. The third kappa shape index (κ3) is 3.72. The van der Waals surface area contributed by atoms with E-state index in [1.807, 2.05) is 19.1 Å². The highest BCUT2D eigenvalue weighted by Gasteiger charge is 2.16. The number of hydrogen-bond donors (Lipinski definition) is 2. The van der Waals surface area contributed by atoms with Crippen molar-refractivity contribution in [3.05, 3.63) is 52.3 Å². The largest absolute Gasteiger partial charge is 0.397 e. The molecule has 0 fully saturated rings. The minimum atomic E-state index is -3.66. The second-order valence-electron chi connectivity index (χ2n) is 4.74. The van der Waals surface area contributed by atoms with Crippen LogP contribution in [0.25, 0.3) is 0 Å². The van der Waals surface area contributed by atoms with Gasteiger partial charge in [-0.15, -0.1) is 0 Å². The van der Waals surface area contributed by atoms with Crippen molar-refractivity contribution in [2.75, 3.05) is 5.73 Å². The molecule has 3 N–H and O–H groups in total. The van der Waals surface area contributed by atoms with E-state index in [2.05, 4.69) is 9.71 Å². The van der Waals surface area contributed by atoms with Crippen molar-refractivity contribution >= 4 is 27.3 Å². The van der Waals surface area contributed by atoms with Gasteiger partial charge in [0, 0.05) is 5.69 Å². The maximum Gasteiger partial charge on any atom is 0.241 e. The van der Waals surface area contributed by atoms with Crippen molar-refractivity contribution < 1.29 is 8.42 Å². The van der Waals surface area contributed by atoms with Gasteiger partial charge in [-0.1, -0.05) is 17.7 Å². The van der Waals surface area contributed by atoms with Crippen molar-refractivity contribution in [2.45, 2.75) is 25.3 Å². The maximum absolute atomic E-state index is 12.3. The van der Waals surface area contributed by atoms with Crippen LogP contribution in [0.3, 0.4) is 0 Å². The number of sulfonamides is 1. The molecule has 0 amide bonds. The molecule has 2 rings (SSSR count). The molecule has 1 aromatic heterocycles. The van der Waals surface area contributed by atoms with Gasteiger partial charge in [0.25, 0.3) is 0 Å². The summed E-state index contributed by atoms with van der Waals surface area (Å²) < 4.78 is 27.0. The van der Waals surface area contributed by atoms with Crippen LogP contribution in [-0.2, 0) is 16.6 Å². The minimum Gasteiger partial charge on any atom is -0.397 e. The van der Waals surface area contributed by atoms with E-state index >= 15 is 0 Å². The van der Waals surface area contributed by atoms with Crippen molar-refractivity contribution in [2.24, 2.45) is 0 Å². The fourth-order valence-corrected chi connectivity index (χ4v) is 3.10. The monoisotopic (exact) mass is 325 g/mol. The van der Waals surface area contributed by atoms with Crippen LogP contribution in [0.4, 0.5) is 5.69 Å². The number of pyridine rings is 1. The highest BCUT2D eigenvalue weighted by atomic mass is 35.5. The van der Waals surface area contributed by atoms with E-state index in [9.17, 15) is 8.42 Å². The first-order valence-electron chi connectivity index (χ1n) is 6.27. The molecule has 0 spiro atoms. The molecule has 0 atom stereocenters. The first-order valence-corrected chi connectivity index (χ1v) is 8.13. The first kappa shape index (κ1) is 15.8. The molecule has 0 aliphatic heterocycles. The number of anilines is 1. The molecule has 2 aromatic rings. The maximum atomic E-state index is 12.3. The normalized spacial score (nSPS) is 11.6. The van der Waals surface area contributed by atoms with Gasteiger partial charge in [-0.2, -0.15) is 0 Å². The molecular weight excluding hydrogens is 310 g/mol. The lowest BCUT2D eigenvalue weighted by molar-refractivity contribution is 0.580. The summed E-state index contributed by atoms with van der Waals surface area (Å²) in [5.74, 6) is 0. The Balaban J connectivity index is 2.23. The van der Waals surface area contributed by atoms with E-state index in [0.717, 1.165) is 5.69 Å². The number of aromatic nitrogens is 1. The zero-order chi connectivity index (χ0) is 15.6. The van der Waals surface area contributed by atoms with Crippen LogP contribution in [0.5, 0.6) is 0 Å². The fraction of sp³-hybridized carbons (Fsp3) is 0.214. The topological polar surface area (TPSA) is 85.1 Å². The van der Waals surface area contributed by atoms with Gasteiger partial charge < -0.3 is 5.73 Å². The van der Waals surface area contributed by atoms with E-state index in [1.165, 1.54) is 12.1 Å². The van der Waals surface area contributed by atoms with Crippen LogP contribution in [0, 0.1) is 13.8 Å². The summed E-state index contributed by atoms with van der Waals surface area (Å²) >= 11 is 5.94. The zero-order valence-electron chi connectivity index (χ0n) is 11.7. The van der Waals surface area contributed by atoms with Gasteiger partial charge in [-0.25, -0.2) is 13.1 Å². The van der Waals surface area contributed by atoms with Crippen molar-refractivity contribution in [1.29, 1.82) is 0 Å². The number of nitrogens with two attached hydrogens (primary N) is 1. The second kappa shape index (κ2) is 6.01. The Morgan fingerprint density at radius 1 is 1.29 bits per heavy atom. The molecule has 0 aliphatic rings. The molecule has 0 radical (unpaired) electrons. The summed E-state index contributed by atoms with van der Waals surface area (Å²) in [6, 6.07) is 8.28. The molecule has 7 heteroatoms. The van der Waals surface area contributed by atoms with Gasteiger partial charge in [-0.3, -0.25) is 4.98 Å². The van der Waals surface area contributed by atoms with Crippen molar-refractivity contribution in [3.63, 3.8) is 0 Å². The lowest BCUT2D eigenvalue weighted by Crippen LogP contribution is -2.24. The van der Waals surface area contributed by atoms with Crippen LogP contribution in [0.2, 0.25) is 5.02 Å². The standard InChI is InChI=1S/C14H16ClN3O2S/c1-9-6-12(7-13(16)14(9)15)21(19,20)17-8-11-5-3-4-10(2)18-11/h3-7,17H,8,16H2,1-2H3. The van der Waals surface area contributed by atoms with Crippen LogP contribution in [0.1, 0.15) is 17.0 Å². The van der Waals surface area contributed by atoms with E-state index in [1.54, 1.807) is 13.0 Å². The minimum absolute atomic E-state index is 0.0922. The van der Waals surface area contributed by atoms with Crippen LogP contribution in [-0.4, -0.2) is 13.4 Å². The Hall–Kier alpha value is -1.63. The third-order valence-electron chi connectivity index (χ3n) is 2.96. The molecule has 0 unspecified atom stereocenters. The zero-order valence-corrected chi connectivity index (χ0v) is 13.3.